The van der Waals surface area contributed by atoms with Gasteiger partial charge in [-0.05, 0) is 31.0 Å². The first-order valence-corrected chi connectivity index (χ1v) is 5.99. The molecule has 0 atom stereocenters. The van der Waals surface area contributed by atoms with Crippen LogP contribution in [0.15, 0.2) is 12.1 Å². The summed E-state index contributed by atoms with van der Waals surface area (Å²) in [6.07, 6.45) is 2.40. The van der Waals surface area contributed by atoms with Crippen LogP contribution in [0.2, 0.25) is 0 Å². The van der Waals surface area contributed by atoms with Crippen LogP contribution in [-0.4, -0.2) is 11.1 Å². The van der Waals surface area contributed by atoms with E-state index < -0.39 is 0 Å². The molecule has 0 aliphatic rings. The van der Waals surface area contributed by atoms with E-state index >= 15 is 0 Å². The molecule has 0 aliphatic carbocycles. The van der Waals surface area contributed by atoms with Crippen LogP contribution in [0.3, 0.4) is 0 Å². The lowest BCUT2D eigenvalue weighted by molar-refractivity contribution is 0.540. The summed E-state index contributed by atoms with van der Waals surface area (Å²) in [5.74, 6) is 0.723. The van der Waals surface area contributed by atoms with Gasteiger partial charge in [-0.25, -0.2) is 0 Å². The summed E-state index contributed by atoms with van der Waals surface area (Å²) >= 11 is 0. The molecule has 0 fully saturated rings. The van der Waals surface area contributed by atoms with Crippen LogP contribution >= 0.6 is 0 Å². The molecule has 0 aromatic carbocycles. The second kappa shape index (κ2) is 5.96. The second-order valence-electron chi connectivity index (χ2n) is 4.65. The van der Waals surface area contributed by atoms with Crippen molar-refractivity contribution in [2.75, 3.05) is 6.54 Å². The zero-order valence-corrected chi connectivity index (χ0v) is 10.5. The van der Waals surface area contributed by atoms with E-state index in [1.54, 1.807) is 0 Å². The molecule has 0 saturated heterocycles. The monoisotopic (exact) mass is 208 g/mol. The fourth-order valence-electron chi connectivity index (χ4n) is 1.77. The molecule has 0 radical (unpaired) electrons. The summed E-state index contributed by atoms with van der Waals surface area (Å²) in [5, 5.41) is 3.48. The molecule has 1 N–H and O–H groups in total. The molecule has 1 aromatic rings. The minimum atomic E-state index is 0.723. The average molecular weight is 208 g/mol. The van der Waals surface area contributed by atoms with Crippen LogP contribution in [0.1, 0.15) is 38.6 Å². The van der Waals surface area contributed by atoms with Crippen molar-refractivity contribution in [1.82, 2.24) is 9.88 Å². The molecule has 15 heavy (non-hydrogen) atoms. The standard InChI is InChI=1S/C13H24N2/c1-5-6-12-7-8-13(15(12)4)10-14-9-11(2)3/h7-8,11,14H,5-6,9-10H2,1-4H3. The molecule has 2 nitrogen and oxygen atoms in total. The van der Waals surface area contributed by atoms with Crippen LogP contribution in [0.5, 0.6) is 0 Å². The molecule has 0 spiro atoms. The van der Waals surface area contributed by atoms with Gasteiger partial charge in [-0.15, -0.1) is 0 Å². The third-order valence-corrected chi connectivity index (χ3v) is 2.69. The van der Waals surface area contributed by atoms with Crippen molar-refractivity contribution in [1.29, 1.82) is 0 Å². The smallest absolute Gasteiger partial charge is 0.0359 e. The first-order valence-electron chi connectivity index (χ1n) is 5.99. The zero-order chi connectivity index (χ0) is 11.3. The van der Waals surface area contributed by atoms with Gasteiger partial charge in [0, 0.05) is 25.0 Å². The molecular weight excluding hydrogens is 184 g/mol. The Bertz CT molecular complexity index is 287. The van der Waals surface area contributed by atoms with E-state index in [1.165, 1.54) is 24.2 Å². The summed E-state index contributed by atoms with van der Waals surface area (Å²) in [6, 6.07) is 4.48. The average Bonchev–Trinajstić information content (AvgIpc) is 2.50. The van der Waals surface area contributed by atoms with Crippen molar-refractivity contribution in [2.45, 2.75) is 40.2 Å². The summed E-state index contributed by atoms with van der Waals surface area (Å²) in [5.41, 5.74) is 2.83. The highest BCUT2D eigenvalue weighted by Crippen LogP contribution is 2.09. The van der Waals surface area contributed by atoms with E-state index in [-0.39, 0.29) is 0 Å². The third kappa shape index (κ3) is 3.71. The van der Waals surface area contributed by atoms with Crippen LogP contribution in [-0.2, 0) is 20.0 Å². The highest BCUT2D eigenvalue weighted by atomic mass is 15.0. The van der Waals surface area contributed by atoms with Crippen LogP contribution in [0.25, 0.3) is 0 Å². The highest BCUT2D eigenvalue weighted by molar-refractivity contribution is 5.16. The first-order chi connectivity index (χ1) is 7.15. The molecule has 0 saturated carbocycles. The van der Waals surface area contributed by atoms with Crippen molar-refractivity contribution in [3.63, 3.8) is 0 Å². The van der Waals surface area contributed by atoms with E-state index in [0.29, 0.717) is 0 Å². The van der Waals surface area contributed by atoms with Gasteiger partial charge < -0.3 is 9.88 Å². The Morgan fingerprint density at radius 3 is 2.53 bits per heavy atom. The number of rotatable bonds is 6. The van der Waals surface area contributed by atoms with E-state index in [2.05, 4.69) is 49.8 Å². The van der Waals surface area contributed by atoms with E-state index in [0.717, 1.165) is 19.0 Å². The van der Waals surface area contributed by atoms with Gasteiger partial charge in [0.15, 0.2) is 0 Å². The lowest BCUT2D eigenvalue weighted by Crippen LogP contribution is -2.20. The van der Waals surface area contributed by atoms with Crippen molar-refractivity contribution < 1.29 is 0 Å². The zero-order valence-electron chi connectivity index (χ0n) is 10.5. The van der Waals surface area contributed by atoms with E-state index in [4.69, 9.17) is 0 Å². The predicted octanol–water partition coefficient (Wildman–Crippen LogP) is 2.72. The molecule has 0 amide bonds. The van der Waals surface area contributed by atoms with Crippen molar-refractivity contribution >= 4 is 0 Å². The number of hydrogen-bond acceptors (Lipinski definition) is 1. The van der Waals surface area contributed by atoms with Crippen molar-refractivity contribution in [3.05, 3.63) is 23.5 Å². The van der Waals surface area contributed by atoms with Gasteiger partial charge in [0.05, 0.1) is 0 Å². The number of hydrogen-bond donors (Lipinski definition) is 1. The molecule has 0 unspecified atom stereocenters. The Kier molecular flexibility index (Phi) is 4.89. The fraction of sp³-hybridized carbons (Fsp3) is 0.692. The van der Waals surface area contributed by atoms with Gasteiger partial charge in [-0.2, -0.15) is 0 Å². The number of nitrogens with zero attached hydrogens (tertiary/aromatic N) is 1. The van der Waals surface area contributed by atoms with Crippen molar-refractivity contribution in [3.8, 4) is 0 Å². The summed E-state index contributed by atoms with van der Waals surface area (Å²) in [6.45, 7) is 8.78. The topological polar surface area (TPSA) is 17.0 Å². The Morgan fingerprint density at radius 1 is 1.27 bits per heavy atom. The molecule has 1 heterocycles. The van der Waals surface area contributed by atoms with E-state index in [1.807, 2.05) is 0 Å². The molecule has 2 heteroatoms. The Hall–Kier alpha value is -0.760. The third-order valence-electron chi connectivity index (χ3n) is 2.69. The van der Waals surface area contributed by atoms with Gasteiger partial charge in [0.25, 0.3) is 0 Å². The van der Waals surface area contributed by atoms with Crippen LogP contribution in [0.4, 0.5) is 0 Å². The number of nitrogens with one attached hydrogen (secondary N) is 1. The van der Waals surface area contributed by atoms with Crippen molar-refractivity contribution in [2.24, 2.45) is 13.0 Å². The van der Waals surface area contributed by atoms with Crippen LogP contribution < -0.4 is 5.32 Å². The Balaban J connectivity index is 2.47. The van der Waals surface area contributed by atoms with Gasteiger partial charge in [-0.1, -0.05) is 27.2 Å². The van der Waals surface area contributed by atoms with Gasteiger partial charge in [0.2, 0.25) is 0 Å². The largest absolute Gasteiger partial charge is 0.350 e. The Labute approximate surface area is 93.7 Å². The fourth-order valence-corrected chi connectivity index (χ4v) is 1.77. The molecule has 0 bridgehead atoms. The lowest BCUT2D eigenvalue weighted by Gasteiger charge is -2.10. The van der Waals surface area contributed by atoms with Gasteiger partial charge in [0.1, 0.15) is 0 Å². The summed E-state index contributed by atoms with van der Waals surface area (Å²) in [7, 11) is 2.16. The summed E-state index contributed by atoms with van der Waals surface area (Å²) in [4.78, 5) is 0. The molecule has 1 rings (SSSR count). The van der Waals surface area contributed by atoms with Gasteiger partial charge in [-0.3, -0.25) is 0 Å². The molecule has 0 aliphatic heterocycles. The normalized spacial score (nSPS) is 11.3. The summed E-state index contributed by atoms with van der Waals surface area (Å²) < 4.78 is 2.32. The maximum Gasteiger partial charge on any atom is 0.0359 e. The minimum absolute atomic E-state index is 0.723. The maximum atomic E-state index is 3.48. The number of aryl methyl sites for hydroxylation is 1. The van der Waals surface area contributed by atoms with Gasteiger partial charge >= 0.3 is 0 Å². The van der Waals surface area contributed by atoms with Crippen LogP contribution in [0, 0.1) is 5.92 Å². The second-order valence-corrected chi connectivity index (χ2v) is 4.65. The highest BCUT2D eigenvalue weighted by Gasteiger charge is 2.03. The molecule has 86 valence electrons. The predicted molar refractivity (Wildman–Crippen MR) is 66.0 cm³/mol. The minimum Gasteiger partial charge on any atom is -0.350 e. The molecular formula is C13H24N2. The SMILES string of the molecule is CCCc1ccc(CNCC(C)C)n1C. The maximum absolute atomic E-state index is 3.48. The quantitative estimate of drug-likeness (QED) is 0.760. The molecule has 1 aromatic heterocycles. The number of aromatic nitrogens is 1. The van der Waals surface area contributed by atoms with E-state index in [9.17, 15) is 0 Å². The lowest BCUT2D eigenvalue weighted by atomic mass is 10.2. The Morgan fingerprint density at radius 2 is 1.93 bits per heavy atom. The first kappa shape index (κ1) is 12.3.